The number of nitrogens with zero attached hydrogens (tertiary/aromatic N) is 1. The number of nitrogens with one attached hydrogen (secondary N) is 1. The fourth-order valence-electron chi connectivity index (χ4n) is 2.00. The second kappa shape index (κ2) is 7.26. The van der Waals surface area contributed by atoms with Crippen LogP contribution in [0.15, 0.2) is 29.2 Å². The summed E-state index contributed by atoms with van der Waals surface area (Å²) in [5.41, 5.74) is 0. The average molecular weight is 321 g/mol. The van der Waals surface area contributed by atoms with Gasteiger partial charge in [-0.2, -0.15) is 4.31 Å². The molecule has 0 atom stereocenters. The van der Waals surface area contributed by atoms with Crippen molar-refractivity contribution in [2.75, 3.05) is 26.2 Å². The average Bonchev–Trinajstić information content (AvgIpc) is 2.40. The summed E-state index contributed by atoms with van der Waals surface area (Å²) < 4.78 is 31.8. The molecule has 1 aliphatic heterocycles. The molecule has 0 unspecified atom stereocenters. The smallest absolute Gasteiger partial charge is 0.243 e. The molecule has 20 heavy (non-hydrogen) atoms. The van der Waals surface area contributed by atoms with E-state index in [1.54, 1.807) is 24.3 Å². The lowest BCUT2D eigenvalue weighted by Gasteiger charge is -2.26. The molecule has 0 spiro atoms. The van der Waals surface area contributed by atoms with Gasteiger partial charge in [-0.15, -0.1) is 12.4 Å². The van der Waals surface area contributed by atoms with E-state index in [1.165, 1.54) is 4.31 Å². The number of piperazine rings is 1. The zero-order valence-electron chi connectivity index (χ0n) is 11.7. The first-order chi connectivity index (χ1) is 9.00. The minimum absolute atomic E-state index is 0. The van der Waals surface area contributed by atoms with Gasteiger partial charge >= 0.3 is 0 Å². The molecule has 1 aliphatic rings. The highest BCUT2D eigenvalue weighted by Crippen LogP contribution is 2.20. The maximum absolute atomic E-state index is 12.4. The van der Waals surface area contributed by atoms with Crippen LogP contribution in [0.5, 0.6) is 5.75 Å². The SMILES string of the molecule is CC(C)Oc1ccc(S(=O)(=O)N2CCNCC2)cc1.Cl. The Hall–Kier alpha value is -0.820. The molecule has 1 aromatic carbocycles. The molecule has 1 fully saturated rings. The Balaban J connectivity index is 0.00000200. The first-order valence-corrected chi connectivity index (χ1v) is 7.92. The van der Waals surface area contributed by atoms with Crippen molar-refractivity contribution < 1.29 is 13.2 Å². The molecule has 1 saturated heterocycles. The van der Waals surface area contributed by atoms with Crippen molar-refractivity contribution in [1.82, 2.24) is 9.62 Å². The van der Waals surface area contributed by atoms with Gasteiger partial charge in [0, 0.05) is 26.2 Å². The predicted octanol–water partition coefficient (Wildman–Crippen LogP) is 1.49. The van der Waals surface area contributed by atoms with Crippen LogP contribution in [-0.4, -0.2) is 45.0 Å². The summed E-state index contributed by atoms with van der Waals surface area (Å²) in [5.74, 6) is 0.689. The number of halogens is 1. The van der Waals surface area contributed by atoms with E-state index < -0.39 is 10.0 Å². The zero-order valence-corrected chi connectivity index (χ0v) is 13.3. The standard InChI is InChI=1S/C13H20N2O3S.ClH/c1-11(2)18-12-3-5-13(6-4-12)19(16,17)15-9-7-14-8-10-15;/h3-6,11,14H,7-10H2,1-2H3;1H. The topological polar surface area (TPSA) is 58.6 Å². The van der Waals surface area contributed by atoms with Crippen molar-refractivity contribution in [3.05, 3.63) is 24.3 Å². The lowest BCUT2D eigenvalue weighted by atomic mass is 10.3. The summed E-state index contributed by atoms with van der Waals surface area (Å²) in [6.45, 7) is 6.32. The summed E-state index contributed by atoms with van der Waals surface area (Å²) >= 11 is 0. The van der Waals surface area contributed by atoms with Gasteiger partial charge in [0.05, 0.1) is 11.0 Å². The molecule has 114 valence electrons. The molecule has 0 aliphatic carbocycles. The Bertz CT molecular complexity index is 511. The summed E-state index contributed by atoms with van der Waals surface area (Å²) in [6.07, 6.45) is 0.0793. The molecular weight excluding hydrogens is 300 g/mol. The van der Waals surface area contributed by atoms with Crippen LogP contribution in [0.1, 0.15) is 13.8 Å². The van der Waals surface area contributed by atoms with Crippen molar-refractivity contribution in [3.8, 4) is 5.75 Å². The Morgan fingerprint density at radius 3 is 2.20 bits per heavy atom. The molecule has 0 amide bonds. The lowest BCUT2D eigenvalue weighted by molar-refractivity contribution is 0.242. The third kappa shape index (κ3) is 4.09. The van der Waals surface area contributed by atoms with Crippen molar-refractivity contribution in [3.63, 3.8) is 0 Å². The molecule has 1 aromatic rings. The summed E-state index contributed by atoms with van der Waals surface area (Å²) in [7, 11) is -3.37. The third-order valence-corrected chi connectivity index (χ3v) is 4.82. The van der Waals surface area contributed by atoms with Gasteiger partial charge in [-0.05, 0) is 38.1 Å². The van der Waals surface area contributed by atoms with Gasteiger partial charge in [-0.3, -0.25) is 0 Å². The van der Waals surface area contributed by atoms with Crippen LogP contribution >= 0.6 is 12.4 Å². The van der Waals surface area contributed by atoms with Gasteiger partial charge in [-0.1, -0.05) is 0 Å². The zero-order chi connectivity index (χ0) is 13.9. The fourth-order valence-corrected chi connectivity index (χ4v) is 3.44. The van der Waals surface area contributed by atoms with E-state index in [2.05, 4.69) is 5.32 Å². The molecule has 2 rings (SSSR count). The van der Waals surface area contributed by atoms with Crippen LogP contribution < -0.4 is 10.1 Å². The van der Waals surface area contributed by atoms with E-state index in [1.807, 2.05) is 13.8 Å². The number of rotatable bonds is 4. The maximum Gasteiger partial charge on any atom is 0.243 e. The van der Waals surface area contributed by atoms with Crippen molar-refractivity contribution in [2.24, 2.45) is 0 Å². The Kier molecular flexibility index (Phi) is 6.26. The van der Waals surface area contributed by atoms with Gasteiger partial charge < -0.3 is 10.1 Å². The second-order valence-corrected chi connectivity index (χ2v) is 6.73. The number of hydrogen-bond donors (Lipinski definition) is 1. The monoisotopic (exact) mass is 320 g/mol. The molecule has 0 saturated carbocycles. The second-order valence-electron chi connectivity index (χ2n) is 4.79. The van der Waals surface area contributed by atoms with Crippen LogP contribution in [0.25, 0.3) is 0 Å². The van der Waals surface area contributed by atoms with Crippen molar-refractivity contribution >= 4 is 22.4 Å². The molecule has 0 aromatic heterocycles. The fraction of sp³-hybridized carbons (Fsp3) is 0.538. The molecule has 0 radical (unpaired) electrons. The van der Waals surface area contributed by atoms with Crippen LogP contribution in [0.4, 0.5) is 0 Å². The molecule has 5 nitrogen and oxygen atoms in total. The van der Waals surface area contributed by atoms with Crippen LogP contribution in [0.3, 0.4) is 0 Å². The normalized spacial score (nSPS) is 16.8. The number of ether oxygens (including phenoxy) is 1. The molecular formula is C13H21ClN2O3S. The van der Waals surface area contributed by atoms with Gasteiger partial charge in [0.25, 0.3) is 0 Å². The van der Waals surface area contributed by atoms with Crippen LogP contribution in [-0.2, 0) is 10.0 Å². The van der Waals surface area contributed by atoms with E-state index >= 15 is 0 Å². The van der Waals surface area contributed by atoms with Crippen LogP contribution in [0, 0.1) is 0 Å². The minimum atomic E-state index is -3.37. The van der Waals surface area contributed by atoms with E-state index in [-0.39, 0.29) is 18.5 Å². The number of sulfonamides is 1. The van der Waals surface area contributed by atoms with Gasteiger partial charge in [-0.25, -0.2) is 8.42 Å². The van der Waals surface area contributed by atoms with E-state index in [0.29, 0.717) is 36.8 Å². The summed E-state index contributed by atoms with van der Waals surface area (Å²) in [4.78, 5) is 0.325. The Morgan fingerprint density at radius 2 is 1.70 bits per heavy atom. The Labute approximate surface area is 126 Å². The van der Waals surface area contributed by atoms with Crippen molar-refractivity contribution in [2.45, 2.75) is 24.8 Å². The largest absolute Gasteiger partial charge is 0.491 e. The van der Waals surface area contributed by atoms with Gasteiger partial charge in [0.2, 0.25) is 10.0 Å². The summed E-state index contributed by atoms with van der Waals surface area (Å²) in [5, 5.41) is 3.14. The quantitative estimate of drug-likeness (QED) is 0.913. The van der Waals surface area contributed by atoms with Gasteiger partial charge in [0.1, 0.15) is 5.75 Å². The maximum atomic E-state index is 12.4. The van der Waals surface area contributed by atoms with Crippen LogP contribution in [0.2, 0.25) is 0 Å². The highest BCUT2D eigenvalue weighted by molar-refractivity contribution is 7.89. The van der Waals surface area contributed by atoms with Gasteiger partial charge in [0.15, 0.2) is 0 Å². The molecule has 1 heterocycles. The third-order valence-electron chi connectivity index (χ3n) is 2.91. The number of benzene rings is 1. The Morgan fingerprint density at radius 1 is 1.15 bits per heavy atom. The van der Waals surface area contributed by atoms with Crippen molar-refractivity contribution in [1.29, 1.82) is 0 Å². The predicted molar refractivity (Wildman–Crippen MR) is 81.1 cm³/mol. The van der Waals surface area contributed by atoms with E-state index in [9.17, 15) is 8.42 Å². The highest BCUT2D eigenvalue weighted by Gasteiger charge is 2.25. The first-order valence-electron chi connectivity index (χ1n) is 6.48. The molecule has 1 N–H and O–H groups in total. The van der Waals surface area contributed by atoms with E-state index in [0.717, 1.165) is 0 Å². The molecule has 0 bridgehead atoms. The lowest BCUT2D eigenvalue weighted by Crippen LogP contribution is -2.46. The minimum Gasteiger partial charge on any atom is -0.491 e. The highest BCUT2D eigenvalue weighted by atomic mass is 35.5. The summed E-state index contributed by atoms with van der Waals surface area (Å²) in [6, 6.07) is 6.62. The molecule has 7 heteroatoms. The first kappa shape index (κ1) is 17.2. The van der Waals surface area contributed by atoms with E-state index in [4.69, 9.17) is 4.74 Å². The number of hydrogen-bond acceptors (Lipinski definition) is 4.